The summed E-state index contributed by atoms with van der Waals surface area (Å²) in [6.45, 7) is 5.75. The number of carbonyl (C=O) groups excluding carboxylic acids is 1. The van der Waals surface area contributed by atoms with Crippen LogP contribution in [0.2, 0.25) is 0 Å². The second-order valence-corrected chi connectivity index (χ2v) is 9.45. The van der Waals surface area contributed by atoms with Gasteiger partial charge >= 0.3 is 0 Å². The maximum atomic E-state index is 13.3. The standard InChI is InChI=1S/C24H25N7O3/c1-24(2)12-16-10-18(28-22(32)17-13-27-31-7-3-6-25-21(17)31)19(11-20(16)34-24)30-8-4-15(5-9-30)23-29-26-14-33-23/h3,6-7,10-11,13-15H,4-5,8-9,12H2,1-2H3,(H,28,32). The summed E-state index contributed by atoms with van der Waals surface area (Å²) in [5, 5.41) is 15.3. The normalized spacial score (nSPS) is 17.5. The first-order valence-corrected chi connectivity index (χ1v) is 11.4. The number of rotatable bonds is 4. The minimum atomic E-state index is -0.278. The van der Waals surface area contributed by atoms with E-state index in [2.05, 4.69) is 50.4 Å². The molecule has 0 bridgehead atoms. The van der Waals surface area contributed by atoms with Crippen LogP contribution in [-0.4, -0.2) is 49.4 Å². The number of fused-ring (bicyclic) bond motifs is 2. The number of carbonyl (C=O) groups is 1. The molecule has 174 valence electrons. The molecule has 1 aromatic carbocycles. The van der Waals surface area contributed by atoms with Crippen molar-refractivity contribution in [1.29, 1.82) is 0 Å². The second kappa shape index (κ2) is 7.82. The van der Waals surface area contributed by atoms with E-state index in [1.165, 1.54) is 6.39 Å². The van der Waals surface area contributed by atoms with Gasteiger partial charge in [-0.25, -0.2) is 9.50 Å². The molecule has 10 heteroatoms. The zero-order valence-electron chi connectivity index (χ0n) is 19.1. The van der Waals surface area contributed by atoms with Crippen LogP contribution in [0, 0.1) is 0 Å². The zero-order valence-corrected chi connectivity index (χ0v) is 19.1. The molecule has 2 aliphatic heterocycles. The topological polar surface area (TPSA) is 111 Å². The van der Waals surface area contributed by atoms with E-state index in [0.29, 0.717) is 17.1 Å². The van der Waals surface area contributed by atoms with Crippen LogP contribution in [0.5, 0.6) is 5.75 Å². The first kappa shape index (κ1) is 20.6. The van der Waals surface area contributed by atoms with Gasteiger partial charge in [0.25, 0.3) is 5.91 Å². The molecule has 1 amide bonds. The lowest BCUT2D eigenvalue weighted by molar-refractivity contribution is 0.102. The number of hydrogen-bond donors (Lipinski definition) is 1. The Kier molecular flexibility index (Phi) is 4.75. The molecule has 6 rings (SSSR count). The van der Waals surface area contributed by atoms with Gasteiger partial charge in [0.05, 0.1) is 17.6 Å². The molecule has 34 heavy (non-hydrogen) atoms. The van der Waals surface area contributed by atoms with Crippen molar-refractivity contribution in [3.63, 3.8) is 0 Å². The van der Waals surface area contributed by atoms with Gasteiger partial charge in [0, 0.05) is 49.5 Å². The van der Waals surface area contributed by atoms with E-state index >= 15 is 0 Å². The molecule has 0 aliphatic carbocycles. The Morgan fingerprint density at radius 1 is 1.24 bits per heavy atom. The van der Waals surface area contributed by atoms with Gasteiger partial charge in [-0.15, -0.1) is 10.2 Å². The van der Waals surface area contributed by atoms with Crippen LogP contribution in [0.4, 0.5) is 11.4 Å². The molecule has 0 radical (unpaired) electrons. The number of anilines is 2. The number of nitrogens with one attached hydrogen (secondary N) is 1. The third-order valence-corrected chi connectivity index (χ3v) is 6.52. The van der Waals surface area contributed by atoms with Gasteiger partial charge in [-0.05, 0) is 38.8 Å². The molecular formula is C24H25N7O3. The van der Waals surface area contributed by atoms with Crippen molar-refractivity contribution in [2.75, 3.05) is 23.3 Å². The minimum Gasteiger partial charge on any atom is -0.487 e. The maximum absolute atomic E-state index is 13.3. The molecule has 1 fully saturated rings. The van der Waals surface area contributed by atoms with Crippen LogP contribution in [-0.2, 0) is 6.42 Å². The summed E-state index contributed by atoms with van der Waals surface area (Å²) in [5.74, 6) is 1.56. The highest BCUT2D eigenvalue weighted by Gasteiger charge is 2.33. The van der Waals surface area contributed by atoms with E-state index in [0.717, 1.165) is 55.0 Å². The first-order chi connectivity index (χ1) is 16.5. The zero-order chi connectivity index (χ0) is 23.3. The number of aromatic nitrogens is 5. The Morgan fingerprint density at radius 2 is 2.09 bits per heavy atom. The lowest BCUT2D eigenvalue weighted by atomic mass is 9.95. The maximum Gasteiger partial charge on any atom is 0.261 e. The van der Waals surface area contributed by atoms with Gasteiger partial charge in [-0.2, -0.15) is 5.10 Å². The van der Waals surface area contributed by atoms with Crippen LogP contribution < -0.4 is 15.0 Å². The predicted octanol–water partition coefficient (Wildman–Crippen LogP) is 3.46. The molecule has 5 heterocycles. The molecule has 3 aromatic heterocycles. The van der Waals surface area contributed by atoms with Crippen molar-refractivity contribution >= 4 is 22.9 Å². The van der Waals surface area contributed by atoms with Crippen molar-refractivity contribution in [1.82, 2.24) is 24.8 Å². The Balaban J connectivity index is 1.31. The fraction of sp³-hybridized carbons (Fsp3) is 0.375. The Morgan fingerprint density at radius 3 is 2.88 bits per heavy atom. The molecule has 0 atom stereocenters. The fourth-order valence-corrected chi connectivity index (χ4v) is 4.91. The smallest absolute Gasteiger partial charge is 0.261 e. The molecule has 0 spiro atoms. The monoisotopic (exact) mass is 459 g/mol. The lowest BCUT2D eigenvalue weighted by Gasteiger charge is -2.33. The highest BCUT2D eigenvalue weighted by molar-refractivity contribution is 6.09. The van der Waals surface area contributed by atoms with E-state index in [4.69, 9.17) is 9.15 Å². The lowest BCUT2D eigenvalue weighted by Crippen LogP contribution is -2.33. The molecule has 0 unspecified atom stereocenters. The summed E-state index contributed by atoms with van der Waals surface area (Å²) in [5.41, 5.74) is 3.46. The average Bonchev–Trinajstić information content (AvgIpc) is 3.56. The number of hydrogen-bond acceptors (Lipinski definition) is 8. The number of amides is 1. The molecular weight excluding hydrogens is 434 g/mol. The summed E-state index contributed by atoms with van der Waals surface area (Å²) < 4.78 is 13.2. The largest absolute Gasteiger partial charge is 0.487 e. The summed E-state index contributed by atoms with van der Waals surface area (Å²) in [6, 6.07) is 5.88. The molecule has 1 N–H and O–H groups in total. The van der Waals surface area contributed by atoms with Crippen LogP contribution in [0.3, 0.4) is 0 Å². The molecule has 4 aromatic rings. The van der Waals surface area contributed by atoms with Crippen molar-refractivity contribution in [2.24, 2.45) is 0 Å². The summed E-state index contributed by atoms with van der Waals surface area (Å²) in [4.78, 5) is 19.9. The molecule has 0 saturated carbocycles. The first-order valence-electron chi connectivity index (χ1n) is 11.4. The SMILES string of the molecule is CC1(C)Cc2cc(NC(=O)c3cnn4cccnc34)c(N3CCC(c4nnco4)CC3)cc2O1. The van der Waals surface area contributed by atoms with Crippen LogP contribution in [0.1, 0.15) is 54.4 Å². The Hall–Kier alpha value is -3.95. The van der Waals surface area contributed by atoms with Crippen molar-refractivity contribution in [2.45, 2.75) is 44.6 Å². The van der Waals surface area contributed by atoms with E-state index in [9.17, 15) is 4.79 Å². The summed E-state index contributed by atoms with van der Waals surface area (Å²) in [6.07, 6.45) is 8.91. The van der Waals surface area contributed by atoms with Crippen LogP contribution >= 0.6 is 0 Å². The molecule has 10 nitrogen and oxygen atoms in total. The van der Waals surface area contributed by atoms with Gasteiger partial charge in [0.2, 0.25) is 12.3 Å². The van der Waals surface area contributed by atoms with Gasteiger partial charge in [-0.3, -0.25) is 4.79 Å². The minimum absolute atomic E-state index is 0.242. The number of piperidine rings is 1. The fourth-order valence-electron chi connectivity index (χ4n) is 4.91. The van der Waals surface area contributed by atoms with Gasteiger partial charge in [0.15, 0.2) is 5.65 Å². The summed E-state index contributed by atoms with van der Waals surface area (Å²) >= 11 is 0. The third-order valence-electron chi connectivity index (χ3n) is 6.52. The van der Waals surface area contributed by atoms with E-state index in [1.54, 1.807) is 29.2 Å². The van der Waals surface area contributed by atoms with E-state index in [1.807, 2.05) is 6.07 Å². The second-order valence-electron chi connectivity index (χ2n) is 9.45. The number of ether oxygens (including phenoxy) is 1. The van der Waals surface area contributed by atoms with Crippen molar-refractivity contribution in [3.05, 3.63) is 60.2 Å². The third kappa shape index (κ3) is 3.64. The average molecular weight is 460 g/mol. The summed E-state index contributed by atoms with van der Waals surface area (Å²) in [7, 11) is 0. The quantitative estimate of drug-likeness (QED) is 0.494. The number of benzene rings is 1. The van der Waals surface area contributed by atoms with Crippen molar-refractivity contribution < 1.29 is 13.9 Å². The van der Waals surface area contributed by atoms with E-state index < -0.39 is 0 Å². The van der Waals surface area contributed by atoms with Gasteiger partial charge in [0.1, 0.15) is 16.9 Å². The highest BCUT2D eigenvalue weighted by Crippen LogP contribution is 2.43. The van der Waals surface area contributed by atoms with Crippen LogP contribution in [0.15, 0.2) is 47.6 Å². The Labute approximate surface area is 195 Å². The number of nitrogens with zero attached hydrogens (tertiary/aromatic N) is 6. The van der Waals surface area contributed by atoms with Gasteiger partial charge < -0.3 is 19.4 Å². The predicted molar refractivity (Wildman–Crippen MR) is 124 cm³/mol. The van der Waals surface area contributed by atoms with Crippen LogP contribution in [0.25, 0.3) is 5.65 Å². The Bertz CT molecular complexity index is 1350. The van der Waals surface area contributed by atoms with Gasteiger partial charge in [-0.1, -0.05) is 0 Å². The van der Waals surface area contributed by atoms with Crippen molar-refractivity contribution in [3.8, 4) is 5.75 Å². The molecule has 1 saturated heterocycles. The molecule has 2 aliphatic rings. The highest BCUT2D eigenvalue weighted by atomic mass is 16.5. The van der Waals surface area contributed by atoms with E-state index in [-0.39, 0.29) is 17.4 Å².